The monoisotopic (exact) mass is 393 g/mol. The molecule has 0 N–H and O–H groups in total. The van der Waals surface area contributed by atoms with Crippen LogP contribution in [0.3, 0.4) is 0 Å². The van der Waals surface area contributed by atoms with E-state index in [1.807, 2.05) is 47.4 Å². The van der Waals surface area contributed by atoms with Gasteiger partial charge in [-0.15, -0.1) is 0 Å². The van der Waals surface area contributed by atoms with E-state index in [0.717, 1.165) is 24.2 Å². The third kappa shape index (κ3) is 4.08. The van der Waals surface area contributed by atoms with E-state index in [9.17, 15) is 4.79 Å². The third-order valence-electron chi connectivity index (χ3n) is 5.22. The summed E-state index contributed by atoms with van der Waals surface area (Å²) in [6.45, 7) is 1.30. The first kappa shape index (κ1) is 19.0. The number of nitrogens with zero attached hydrogens (tertiary/aromatic N) is 3. The second kappa shape index (κ2) is 8.34. The maximum absolute atomic E-state index is 12.8. The summed E-state index contributed by atoms with van der Waals surface area (Å²) in [6, 6.07) is 14.8. The molecule has 29 heavy (non-hydrogen) atoms. The van der Waals surface area contributed by atoms with E-state index in [1.165, 1.54) is 0 Å². The van der Waals surface area contributed by atoms with Crippen molar-refractivity contribution >= 4 is 5.91 Å². The van der Waals surface area contributed by atoms with Crippen LogP contribution in [-0.4, -0.2) is 48.3 Å². The zero-order chi connectivity index (χ0) is 20.2. The van der Waals surface area contributed by atoms with Crippen LogP contribution in [0.15, 0.2) is 53.1 Å². The summed E-state index contributed by atoms with van der Waals surface area (Å²) in [5, 5.41) is 4.12. The lowest BCUT2D eigenvalue weighted by molar-refractivity contribution is 0.0704. The number of benzene rings is 2. The molecule has 0 unspecified atom stereocenters. The van der Waals surface area contributed by atoms with Crippen molar-refractivity contribution in [2.24, 2.45) is 0 Å². The number of likely N-dealkylation sites (tertiary alicyclic amines) is 1. The van der Waals surface area contributed by atoms with Crippen molar-refractivity contribution in [1.29, 1.82) is 0 Å². The van der Waals surface area contributed by atoms with Gasteiger partial charge in [-0.2, -0.15) is 4.98 Å². The summed E-state index contributed by atoms with van der Waals surface area (Å²) >= 11 is 0. The second-order valence-electron chi connectivity index (χ2n) is 6.99. The summed E-state index contributed by atoms with van der Waals surface area (Å²) in [5.74, 6) is 2.77. The first-order valence-electron chi connectivity index (χ1n) is 9.59. The Bertz CT molecular complexity index is 993. The number of rotatable bonds is 5. The Morgan fingerprint density at radius 3 is 2.45 bits per heavy atom. The molecule has 2 aromatic carbocycles. The van der Waals surface area contributed by atoms with Crippen molar-refractivity contribution in [1.82, 2.24) is 15.0 Å². The first-order valence-corrected chi connectivity index (χ1v) is 9.59. The number of aromatic nitrogens is 2. The van der Waals surface area contributed by atoms with Crippen LogP contribution in [0.1, 0.15) is 35.0 Å². The van der Waals surface area contributed by atoms with Crippen molar-refractivity contribution in [3.8, 4) is 22.9 Å². The van der Waals surface area contributed by atoms with Gasteiger partial charge in [-0.25, -0.2) is 0 Å². The van der Waals surface area contributed by atoms with E-state index in [1.54, 1.807) is 20.3 Å². The molecule has 7 nitrogen and oxygen atoms in total. The molecule has 3 aromatic rings. The Morgan fingerprint density at radius 2 is 1.72 bits per heavy atom. The molecular formula is C22H23N3O4. The highest BCUT2D eigenvalue weighted by Crippen LogP contribution is 2.30. The van der Waals surface area contributed by atoms with Crippen LogP contribution in [0.25, 0.3) is 11.4 Å². The average molecular weight is 393 g/mol. The van der Waals surface area contributed by atoms with Crippen LogP contribution >= 0.6 is 0 Å². The number of methoxy groups -OCH3 is 2. The summed E-state index contributed by atoms with van der Waals surface area (Å²) in [6.07, 6.45) is 1.57. The summed E-state index contributed by atoms with van der Waals surface area (Å²) in [4.78, 5) is 19.2. The Labute approximate surface area is 169 Å². The van der Waals surface area contributed by atoms with Crippen LogP contribution in [0.5, 0.6) is 11.5 Å². The van der Waals surface area contributed by atoms with Gasteiger partial charge in [0.25, 0.3) is 5.91 Å². The highest BCUT2D eigenvalue weighted by molar-refractivity contribution is 5.94. The Kier molecular flexibility index (Phi) is 5.46. The van der Waals surface area contributed by atoms with Gasteiger partial charge in [0.05, 0.1) is 14.2 Å². The topological polar surface area (TPSA) is 77.7 Å². The van der Waals surface area contributed by atoms with E-state index in [4.69, 9.17) is 14.0 Å². The van der Waals surface area contributed by atoms with Gasteiger partial charge in [0, 0.05) is 30.1 Å². The fraction of sp³-hybridized carbons (Fsp3) is 0.318. The minimum absolute atomic E-state index is 0.0185. The molecule has 2 heterocycles. The van der Waals surface area contributed by atoms with Crippen molar-refractivity contribution in [3.63, 3.8) is 0 Å². The Hall–Kier alpha value is -3.35. The van der Waals surface area contributed by atoms with Crippen molar-refractivity contribution in [2.75, 3.05) is 27.3 Å². The zero-order valence-corrected chi connectivity index (χ0v) is 16.5. The lowest BCUT2D eigenvalue weighted by Crippen LogP contribution is -2.38. The molecule has 4 rings (SSSR count). The zero-order valence-electron chi connectivity index (χ0n) is 16.5. The van der Waals surface area contributed by atoms with Gasteiger partial charge in [-0.1, -0.05) is 23.4 Å². The lowest BCUT2D eigenvalue weighted by Gasteiger charge is -2.30. The molecule has 1 aliphatic heterocycles. The normalized spacial score (nSPS) is 14.6. The molecule has 1 aromatic heterocycles. The summed E-state index contributed by atoms with van der Waals surface area (Å²) in [7, 11) is 3.22. The standard InChI is InChI=1S/C22H23N3O4/c1-27-18-7-3-5-16(13-18)20-23-21(29-24-20)15-9-11-25(12-10-15)22(26)17-6-4-8-19(14-17)28-2/h3-8,13-15H,9-12H2,1-2H3. The van der Waals surface area contributed by atoms with Gasteiger partial charge in [0.2, 0.25) is 11.7 Å². The predicted molar refractivity (Wildman–Crippen MR) is 107 cm³/mol. The van der Waals surface area contributed by atoms with Crippen molar-refractivity contribution < 1.29 is 18.8 Å². The van der Waals surface area contributed by atoms with E-state index >= 15 is 0 Å². The summed E-state index contributed by atoms with van der Waals surface area (Å²) in [5.41, 5.74) is 1.49. The van der Waals surface area contributed by atoms with Crippen molar-refractivity contribution in [3.05, 3.63) is 60.0 Å². The molecule has 150 valence electrons. The van der Waals surface area contributed by atoms with Crippen LogP contribution in [-0.2, 0) is 0 Å². The smallest absolute Gasteiger partial charge is 0.253 e. The van der Waals surface area contributed by atoms with Gasteiger partial charge in [-0.05, 0) is 43.2 Å². The van der Waals surface area contributed by atoms with E-state index < -0.39 is 0 Å². The van der Waals surface area contributed by atoms with E-state index in [2.05, 4.69) is 10.1 Å². The highest BCUT2D eigenvalue weighted by Gasteiger charge is 2.28. The van der Waals surface area contributed by atoms with E-state index in [-0.39, 0.29) is 11.8 Å². The van der Waals surface area contributed by atoms with Gasteiger partial charge in [0.1, 0.15) is 11.5 Å². The number of hydrogen-bond acceptors (Lipinski definition) is 6. The molecule has 1 fully saturated rings. The number of piperidine rings is 1. The highest BCUT2D eigenvalue weighted by atomic mass is 16.5. The minimum Gasteiger partial charge on any atom is -0.497 e. The minimum atomic E-state index is 0.0185. The quantitative estimate of drug-likeness (QED) is 0.657. The van der Waals surface area contributed by atoms with Gasteiger partial charge in [0.15, 0.2) is 0 Å². The fourth-order valence-corrected chi connectivity index (χ4v) is 3.55. The van der Waals surface area contributed by atoms with Crippen LogP contribution in [0, 0.1) is 0 Å². The van der Waals surface area contributed by atoms with Crippen LogP contribution in [0.4, 0.5) is 0 Å². The number of carbonyl (C=O) groups excluding carboxylic acids is 1. The SMILES string of the molecule is COc1cccc(C(=O)N2CCC(c3nc(-c4cccc(OC)c4)no3)CC2)c1. The van der Waals surface area contributed by atoms with E-state index in [0.29, 0.717) is 36.1 Å². The number of carbonyl (C=O) groups is 1. The lowest BCUT2D eigenvalue weighted by atomic mass is 9.96. The molecule has 1 saturated heterocycles. The maximum Gasteiger partial charge on any atom is 0.253 e. The number of amides is 1. The maximum atomic E-state index is 12.8. The number of ether oxygens (including phenoxy) is 2. The largest absolute Gasteiger partial charge is 0.497 e. The molecule has 1 aliphatic rings. The number of hydrogen-bond donors (Lipinski definition) is 0. The predicted octanol–water partition coefficient (Wildman–Crippen LogP) is 3.77. The fourth-order valence-electron chi connectivity index (χ4n) is 3.55. The van der Waals surface area contributed by atoms with Crippen LogP contribution < -0.4 is 9.47 Å². The second-order valence-corrected chi connectivity index (χ2v) is 6.99. The van der Waals surface area contributed by atoms with Gasteiger partial charge in [-0.3, -0.25) is 4.79 Å². The molecule has 0 saturated carbocycles. The molecule has 7 heteroatoms. The first-order chi connectivity index (χ1) is 14.2. The van der Waals surface area contributed by atoms with Crippen LogP contribution in [0.2, 0.25) is 0 Å². The summed E-state index contributed by atoms with van der Waals surface area (Å²) < 4.78 is 16.0. The molecule has 0 radical (unpaired) electrons. The Balaban J connectivity index is 1.41. The molecule has 0 atom stereocenters. The molecule has 0 aliphatic carbocycles. The molecule has 0 spiro atoms. The average Bonchev–Trinajstić information content (AvgIpc) is 3.29. The van der Waals surface area contributed by atoms with Gasteiger partial charge >= 0.3 is 0 Å². The van der Waals surface area contributed by atoms with Crippen molar-refractivity contribution in [2.45, 2.75) is 18.8 Å². The molecular weight excluding hydrogens is 370 g/mol. The third-order valence-corrected chi connectivity index (χ3v) is 5.22. The van der Waals surface area contributed by atoms with Gasteiger partial charge < -0.3 is 18.9 Å². The molecule has 1 amide bonds. The Morgan fingerprint density at radius 1 is 1.03 bits per heavy atom. The molecule has 0 bridgehead atoms.